The van der Waals surface area contributed by atoms with Crippen LogP contribution in [0.1, 0.15) is 47.7 Å². The quantitative estimate of drug-likeness (QED) is 0.372. The molecule has 152 valence electrons. The first-order chi connectivity index (χ1) is 14.4. The number of hydrogen-bond acceptors (Lipinski definition) is 3. The third kappa shape index (κ3) is 4.10. The van der Waals surface area contributed by atoms with Gasteiger partial charge in [0.1, 0.15) is 5.52 Å². The first-order valence-corrected chi connectivity index (χ1v) is 10.4. The number of anilines is 1. The second-order valence-corrected chi connectivity index (χ2v) is 7.98. The molecule has 0 aliphatic heterocycles. The molecule has 0 saturated carbocycles. The number of fused-ring (bicyclic) bond motifs is 1. The summed E-state index contributed by atoms with van der Waals surface area (Å²) in [6.07, 6.45) is 1.07. The van der Waals surface area contributed by atoms with E-state index in [1.54, 1.807) is 12.1 Å². The van der Waals surface area contributed by atoms with E-state index in [2.05, 4.69) is 36.3 Å². The number of hydrogen-bond donors (Lipinski definition) is 1. The summed E-state index contributed by atoms with van der Waals surface area (Å²) in [5, 5.41) is 3.33. The maximum absolute atomic E-state index is 12.6. The largest absolute Gasteiger partial charge is 0.436 e. The normalized spacial score (nSPS) is 12.1. The molecule has 0 saturated heterocycles. The van der Waals surface area contributed by atoms with E-state index < -0.39 is 0 Å². The molecule has 0 radical (unpaired) electrons. The van der Waals surface area contributed by atoms with Gasteiger partial charge in [0.25, 0.3) is 5.91 Å². The Morgan fingerprint density at radius 1 is 1.13 bits per heavy atom. The van der Waals surface area contributed by atoms with E-state index in [-0.39, 0.29) is 5.91 Å². The molecule has 0 unspecified atom stereocenters. The van der Waals surface area contributed by atoms with Gasteiger partial charge in [-0.25, -0.2) is 4.98 Å². The van der Waals surface area contributed by atoms with Crippen LogP contribution in [0.2, 0.25) is 5.02 Å². The summed E-state index contributed by atoms with van der Waals surface area (Å²) < 4.78 is 5.95. The molecule has 1 atom stereocenters. The molecule has 1 heterocycles. The number of benzene rings is 3. The number of nitrogens with one attached hydrogen (secondary N) is 1. The Morgan fingerprint density at radius 2 is 1.97 bits per heavy atom. The minimum Gasteiger partial charge on any atom is -0.436 e. The summed E-state index contributed by atoms with van der Waals surface area (Å²) in [4.78, 5) is 17.3. The average Bonchev–Trinajstić information content (AvgIpc) is 3.16. The minimum atomic E-state index is -0.257. The molecule has 4 aromatic rings. The van der Waals surface area contributed by atoms with Gasteiger partial charge in [0, 0.05) is 11.3 Å². The highest BCUT2D eigenvalue weighted by atomic mass is 35.5. The Kier molecular flexibility index (Phi) is 5.60. The monoisotopic (exact) mass is 418 g/mol. The molecule has 1 amide bonds. The van der Waals surface area contributed by atoms with Gasteiger partial charge < -0.3 is 9.73 Å². The number of aromatic nitrogens is 1. The van der Waals surface area contributed by atoms with Crippen molar-refractivity contribution in [1.82, 2.24) is 4.98 Å². The van der Waals surface area contributed by atoms with E-state index in [0.29, 0.717) is 28.1 Å². The van der Waals surface area contributed by atoms with Crippen molar-refractivity contribution in [2.45, 2.75) is 33.1 Å². The molecule has 1 aromatic heterocycles. The van der Waals surface area contributed by atoms with E-state index in [4.69, 9.17) is 16.0 Å². The van der Waals surface area contributed by atoms with Gasteiger partial charge in [-0.15, -0.1) is 0 Å². The van der Waals surface area contributed by atoms with Crippen molar-refractivity contribution in [2.75, 3.05) is 5.32 Å². The van der Waals surface area contributed by atoms with Gasteiger partial charge in [0.2, 0.25) is 5.89 Å². The fourth-order valence-electron chi connectivity index (χ4n) is 3.34. The topological polar surface area (TPSA) is 55.1 Å². The summed E-state index contributed by atoms with van der Waals surface area (Å²) in [5.74, 6) is 0.741. The van der Waals surface area contributed by atoms with Crippen LogP contribution in [0.25, 0.3) is 22.6 Å². The van der Waals surface area contributed by atoms with Crippen molar-refractivity contribution in [1.29, 1.82) is 0 Å². The highest BCUT2D eigenvalue weighted by Gasteiger charge is 2.14. The number of carbonyl (C=O) groups is 1. The van der Waals surface area contributed by atoms with E-state index in [0.717, 1.165) is 28.6 Å². The van der Waals surface area contributed by atoms with Crippen molar-refractivity contribution in [3.63, 3.8) is 0 Å². The van der Waals surface area contributed by atoms with Gasteiger partial charge in [-0.1, -0.05) is 43.6 Å². The van der Waals surface area contributed by atoms with Gasteiger partial charge in [-0.3, -0.25) is 4.79 Å². The molecule has 30 heavy (non-hydrogen) atoms. The Balaban J connectivity index is 1.60. The van der Waals surface area contributed by atoms with Crippen LogP contribution in [0.4, 0.5) is 5.69 Å². The summed E-state index contributed by atoms with van der Waals surface area (Å²) in [7, 11) is 0. The smallest absolute Gasteiger partial charge is 0.257 e. The summed E-state index contributed by atoms with van der Waals surface area (Å²) >= 11 is 6.22. The number of aryl methyl sites for hydroxylation is 1. The molecule has 3 aromatic carbocycles. The average molecular weight is 419 g/mol. The van der Waals surface area contributed by atoms with Gasteiger partial charge in [-0.2, -0.15) is 0 Å². The Hall–Kier alpha value is -3.11. The predicted octanol–water partition coefficient (Wildman–Crippen LogP) is 7.22. The molecule has 4 nitrogen and oxygen atoms in total. The number of halogens is 1. The molecular weight excluding hydrogens is 396 g/mol. The lowest BCUT2D eigenvalue weighted by atomic mass is 9.98. The van der Waals surface area contributed by atoms with E-state index in [9.17, 15) is 4.79 Å². The van der Waals surface area contributed by atoms with E-state index in [1.807, 2.05) is 43.3 Å². The summed E-state index contributed by atoms with van der Waals surface area (Å²) in [5.41, 5.74) is 5.72. The molecule has 0 aliphatic carbocycles. The van der Waals surface area contributed by atoms with Gasteiger partial charge in [0.05, 0.1) is 10.6 Å². The zero-order valence-corrected chi connectivity index (χ0v) is 18.0. The second-order valence-electron chi connectivity index (χ2n) is 7.57. The fourth-order valence-corrected chi connectivity index (χ4v) is 3.66. The van der Waals surface area contributed by atoms with Crippen molar-refractivity contribution < 1.29 is 9.21 Å². The van der Waals surface area contributed by atoms with Crippen LogP contribution in [-0.4, -0.2) is 10.9 Å². The van der Waals surface area contributed by atoms with Crippen LogP contribution < -0.4 is 5.32 Å². The molecular formula is C25H23ClN2O2. The van der Waals surface area contributed by atoms with Crippen LogP contribution in [-0.2, 0) is 0 Å². The third-order valence-electron chi connectivity index (χ3n) is 5.33. The molecule has 0 bridgehead atoms. The second kappa shape index (κ2) is 8.33. The number of carbonyl (C=O) groups excluding carboxylic acids is 1. The van der Waals surface area contributed by atoms with Crippen LogP contribution in [0.5, 0.6) is 0 Å². The van der Waals surface area contributed by atoms with E-state index in [1.165, 1.54) is 5.56 Å². The van der Waals surface area contributed by atoms with Crippen molar-refractivity contribution in [2.24, 2.45) is 0 Å². The van der Waals surface area contributed by atoms with E-state index >= 15 is 0 Å². The number of oxazole rings is 1. The van der Waals surface area contributed by atoms with Crippen molar-refractivity contribution >= 4 is 34.3 Å². The zero-order valence-electron chi connectivity index (χ0n) is 17.2. The molecule has 4 rings (SSSR count). The highest BCUT2D eigenvalue weighted by Crippen LogP contribution is 2.29. The standard InChI is InChI=1S/C25H23ClN2O2/c1-4-16(3)17-9-11-23-22(14-17)28-25(30-23)18-6-5-7-19(13-18)27-24(29)20-10-8-15(2)12-21(20)26/h5-14,16H,4H2,1-3H3,(H,27,29)/t16-/m0/s1. The lowest BCUT2D eigenvalue weighted by Gasteiger charge is -2.08. The molecule has 5 heteroatoms. The summed E-state index contributed by atoms with van der Waals surface area (Å²) in [6, 6.07) is 19.0. The van der Waals surface area contributed by atoms with Crippen LogP contribution in [0.15, 0.2) is 65.1 Å². The SMILES string of the molecule is CC[C@H](C)c1ccc2oc(-c3cccc(NC(=O)c4ccc(C)cc4Cl)c3)nc2c1. The first kappa shape index (κ1) is 20.2. The number of rotatable bonds is 5. The lowest BCUT2D eigenvalue weighted by molar-refractivity contribution is 0.102. The van der Waals surface area contributed by atoms with Crippen LogP contribution >= 0.6 is 11.6 Å². The number of amides is 1. The Morgan fingerprint density at radius 3 is 2.73 bits per heavy atom. The lowest BCUT2D eigenvalue weighted by Crippen LogP contribution is -2.12. The fraction of sp³-hybridized carbons (Fsp3) is 0.200. The Labute approximate surface area is 180 Å². The summed E-state index contributed by atoms with van der Waals surface area (Å²) in [6.45, 7) is 6.31. The van der Waals surface area contributed by atoms with Crippen LogP contribution in [0, 0.1) is 6.92 Å². The van der Waals surface area contributed by atoms with Crippen molar-refractivity contribution in [3.8, 4) is 11.5 Å². The third-order valence-corrected chi connectivity index (χ3v) is 5.64. The number of nitrogens with zero attached hydrogens (tertiary/aromatic N) is 1. The zero-order chi connectivity index (χ0) is 21.3. The minimum absolute atomic E-state index is 0.257. The van der Waals surface area contributed by atoms with Gasteiger partial charge >= 0.3 is 0 Å². The first-order valence-electron chi connectivity index (χ1n) is 10.0. The van der Waals surface area contributed by atoms with Crippen molar-refractivity contribution in [3.05, 3.63) is 82.4 Å². The predicted molar refractivity (Wildman–Crippen MR) is 122 cm³/mol. The van der Waals surface area contributed by atoms with Crippen LogP contribution in [0.3, 0.4) is 0 Å². The molecule has 1 N–H and O–H groups in total. The molecule has 0 fully saturated rings. The maximum Gasteiger partial charge on any atom is 0.257 e. The maximum atomic E-state index is 12.6. The molecule has 0 aliphatic rings. The Bertz CT molecular complexity index is 1230. The molecule has 0 spiro atoms. The van der Waals surface area contributed by atoms with Gasteiger partial charge in [0.15, 0.2) is 5.58 Å². The highest BCUT2D eigenvalue weighted by molar-refractivity contribution is 6.34. The van der Waals surface area contributed by atoms with Gasteiger partial charge in [-0.05, 0) is 72.9 Å².